The second-order valence-corrected chi connectivity index (χ2v) is 7.06. The summed E-state index contributed by atoms with van der Waals surface area (Å²) in [5.74, 6) is 0.0487. The summed E-state index contributed by atoms with van der Waals surface area (Å²) in [6.45, 7) is 3.82. The first-order chi connectivity index (χ1) is 11.9. The zero-order valence-electron chi connectivity index (χ0n) is 14.7. The maximum absolute atomic E-state index is 12.7. The first-order valence-electron chi connectivity index (χ1n) is 8.87. The number of hydrogen-bond donors (Lipinski definition) is 1. The fraction of sp³-hybridized carbons (Fsp3) is 0.526. The van der Waals surface area contributed by atoms with Crippen molar-refractivity contribution in [2.75, 3.05) is 6.54 Å². The molecule has 6 heteroatoms. The highest BCUT2D eigenvalue weighted by Gasteiger charge is 2.52. The number of aryl methyl sites for hydroxylation is 1. The number of benzene rings is 1. The standard InChI is InChI=1S/C19H24N2O4/c1-3-14-4-6-15(7-5-14)25-16(22)12-21-17(23)19(20-18(21)24)10-8-13(2)9-11-19/h4-7,13H,3,8-12H2,1-2H3,(H,20,24). The molecule has 0 radical (unpaired) electrons. The average Bonchev–Trinajstić information content (AvgIpc) is 2.83. The molecule has 134 valence electrons. The van der Waals surface area contributed by atoms with Gasteiger partial charge in [0, 0.05) is 0 Å². The molecule has 0 unspecified atom stereocenters. The molecule has 0 atom stereocenters. The number of carbonyl (C=O) groups is 3. The Morgan fingerprint density at radius 3 is 2.48 bits per heavy atom. The van der Waals surface area contributed by atoms with E-state index < -0.39 is 17.5 Å². The number of hydrogen-bond acceptors (Lipinski definition) is 4. The van der Waals surface area contributed by atoms with Gasteiger partial charge in [-0.2, -0.15) is 0 Å². The second-order valence-electron chi connectivity index (χ2n) is 7.06. The summed E-state index contributed by atoms with van der Waals surface area (Å²) in [6.07, 6.45) is 3.95. The van der Waals surface area contributed by atoms with Gasteiger partial charge >= 0.3 is 12.0 Å². The van der Waals surface area contributed by atoms with Crippen LogP contribution in [-0.2, 0) is 16.0 Å². The number of nitrogens with zero attached hydrogens (tertiary/aromatic N) is 1. The smallest absolute Gasteiger partial charge is 0.331 e. The Balaban J connectivity index is 1.62. The highest BCUT2D eigenvalue weighted by molar-refractivity contribution is 6.08. The number of ether oxygens (including phenoxy) is 1. The second kappa shape index (κ2) is 6.86. The van der Waals surface area contributed by atoms with Crippen LogP contribution in [-0.4, -0.2) is 34.9 Å². The first-order valence-corrected chi connectivity index (χ1v) is 8.87. The summed E-state index contributed by atoms with van der Waals surface area (Å²) in [7, 11) is 0. The van der Waals surface area contributed by atoms with Gasteiger partial charge in [-0.25, -0.2) is 9.59 Å². The van der Waals surface area contributed by atoms with Crippen LogP contribution in [0.5, 0.6) is 5.75 Å². The summed E-state index contributed by atoms with van der Waals surface area (Å²) in [6, 6.07) is 6.69. The molecule has 1 spiro atoms. The molecule has 1 saturated heterocycles. The van der Waals surface area contributed by atoms with Crippen molar-refractivity contribution in [3.8, 4) is 5.75 Å². The highest BCUT2D eigenvalue weighted by Crippen LogP contribution is 2.36. The predicted molar refractivity (Wildman–Crippen MR) is 92.1 cm³/mol. The molecule has 0 aromatic heterocycles. The summed E-state index contributed by atoms with van der Waals surface area (Å²) >= 11 is 0. The number of urea groups is 1. The van der Waals surface area contributed by atoms with Gasteiger partial charge in [0.25, 0.3) is 5.91 Å². The van der Waals surface area contributed by atoms with Crippen LogP contribution in [0, 0.1) is 5.92 Å². The largest absolute Gasteiger partial charge is 0.425 e. The van der Waals surface area contributed by atoms with Gasteiger partial charge in [-0.15, -0.1) is 0 Å². The van der Waals surface area contributed by atoms with Crippen LogP contribution in [0.3, 0.4) is 0 Å². The fourth-order valence-corrected chi connectivity index (χ4v) is 3.50. The van der Waals surface area contributed by atoms with Crippen molar-refractivity contribution in [1.82, 2.24) is 10.2 Å². The number of amides is 3. The SMILES string of the molecule is CCc1ccc(OC(=O)CN2C(=O)NC3(CCC(C)CC3)C2=O)cc1. The van der Waals surface area contributed by atoms with Gasteiger partial charge in [0.05, 0.1) is 0 Å². The third kappa shape index (κ3) is 3.52. The van der Waals surface area contributed by atoms with Crippen molar-refractivity contribution in [3.05, 3.63) is 29.8 Å². The van der Waals surface area contributed by atoms with E-state index in [-0.39, 0.29) is 12.5 Å². The summed E-state index contributed by atoms with van der Waals surface area (Å²) in [5, 5.41) is 2.80. The molecule has 1 saturated carbocycles. The Morgan fingerprint density at radius 2 is 1.88 bits per heavy atom. The molecule has 3 rings (SSSR count). The Bertz CT molecular complexity index is 675. The monoisotopic (exact) mass is 344 g/mol. The van der Waals surface area contributed by atoms with Crippen molar-refractivity contribution in [1.29, 1.82) is 0 Å². The Morgan fingerprint density at radius 1 is 1.24 bits per heavy atom. The van der Waals surface area contributed by atoms with E-state index in [1.165, 1.54) is 0 Å². The molecular formula is C19H24N2O4. The highest BCUT2D eigenvalue weighted by atomic mass is 16.5. The van der Waals surface area contributed by atoms with Crippen molar-refractivity contribution >= 4 is 17.9 Å². The number of imide groups is 1. The van der Waals surface area contributed by atoms with Crippen LogP contribution in [0.15, 0.2) is 24.3 Å². The van der Waals surface area contributed by atoms with Gasteiger partial charge in [-0.05, 0) is 55.7 Å². The fourth-order valence-electron chi connectivity index (χ4n) is 3.50. The quantitative estimate of drug-likeness (QED) is 0.518. The normalized spacial score (nSPS) is 26.0. The van der Waals surface area contributed by atoms with E-state index in [1.807, 2.05) is 19.1 Å². The van der Waals surface area contributed by atoms with Crippen molar-refractivity contribution in [2.45, 2.75) is 51.5 Å². The maximum Gasteiger partial charge on any atom is 0.331 e. The van der Waals surface area contributed by atoms with Gasteiger partial charge in [0.15, 0.2) is 0 Å². The molecule has 1 heterocycles. The van der Waals surface area contributed by atoms with E-state index in [0.717, 1.165) is 29.7 Å². The minimum Gasteiger partial charge on any atom is -0.425 e. The van der Waals surface area contributed by atoms with E-state index in [9.17, 15) is 14.4 Å². The van der Waals surface area contributed by atoms with Gasteiger partial charge < -0.3 is 10.1 Å². The molecule has 2 fully saturated rings. The van der Waals surface area contributed by atoms with Crippen LogP contribution < -0.4 is 10.1 Å². The molecule has 1 aromatic carbocycles. The third-order valence-corrected chi connectivity index (χ3v) is 5.22. The first kappa shape index (κ1) is 17.5. The van der Waals surface area contributed by atoms with Crippen molar-refractivity contribution < 1.29 is 19.1 Å². The molecule has 1 aliphatic heterocycles. The van der Waals surface area contributed by atoms with Crippen molar-refractivity contribution in [2.24, 2.45) is 5.92 Å². The number of carbonyl (C=O) groups excluding carboxylic acids is 3. The van der Waals surface area contributed by atoms with Crippen LogP contribution >= 0.6 is 0 Å². The topological polar surface area (TPSA) is 75.7 Å². The van der Waals surface area contributed by atoms with Gasteiger partial charge in [-0.3, -0.25) is 9.69 Å². The van der Waals surface area contributed by atoms with Crippen LogP contribution in [0.1, 0.15) is 45.1 Å². The van der Waals surface area contributed by atoms with E-state index in [0.29, 0.717) is 24.5 Å². The molecule has 25 heavy (non-hydrogen) atoms. The maximum atomic E-state index is 12.7. The van der Waals surface area contributed by atoms with Gasteiger partial charge in [0.1, 0.15) is 17.8 Å². The van der Waals surface area contributed by atoms with Gasteiger partial charge in [-0.1, -0.05) is 26.0 Å². The van der Waals surface area contributed by atoms with E-state index in [1.54, 1.807) is 12.1 Å². The lowest BCUT2D eigenvalue weighted by Gasteiger charge is -2.33. The number of nitrogens with one attached hydrogen (secondary N) is 1. The Hall–Kier alpha value is -2.37. The van der Waals surface area contributed by atoms with E-state index in [2.05, 4.69) is 12.2 Å². The number of esters is 1. The molecule has 3 amide bonds. The van der Waals surface area contributed by atoms with Crippen LogP contribution in [0.25, 0.3) is 0 Å². The van der Waals surface area contributed by atoms with Crippen LogP contribution in [0.4, 0.5) is 4.79 Å². The average molecular weight is 344 g/mol. The van der Waals surface area contributed by atoms with Crippen LogP contribution in [0.2, 0.25) is 0 Å². The van der Waals surface area contributed by atoms with E-state index in [4.69, 9.17) is 4.74 Å². The molecule has 2 aliphatic rings. The summed E-state index contributed by atoms with van der Waals surface area (Å²) in [5.41, 5.74) is 0.314. The summed E-state index contributed by atoms with van der Waals surface area (Å²) < 4.78 is 5.25. The molecule has 6 nitrogen and oxygen atoms in total. The zero-order chi connectivity index (χ0) is 18.0. The minimum atomic E-state index is -0.827. The number of rotatable bonds is 4. The molecule has 1 aliphatic carbocycles. The van der Waals surface area contributed by atoms with E-state index >= 15 is 0 Å². The van der Waals surface area contributed by atoms with Crippen molar-refractivity contribution in [3.63, 3.8) is 0 Å². The van der Waals surface area contributed by atoms with Gasteiger partial charge in [0.2, 0.25) is 0 Å². The molecule has 0 bridgehead atoms. The lowest BCUT2D eigenvalue weighted by atomic mass is 9.77. The Kier molecular flexibility index (Phi) is 4.79. The lowest BCUT2D eigenvalue weighted by Crippen LogP contribution is -2.49. The molecule has 1 N–H and O–H groups in total. The summed E-state index contributed by atoms with van der Waals surface area (Å²) in [4.78, 5) is 38.0. The molecule has 1 aromatic rings. The Labute approximate surface area is 147 Å². The lowest BCUT2D eigenvalue weighted by molar-refractivity contribution is -0.141. The predicted octanol–water partition coefficient (Wildman–Crippen LogP) is 2.66. The molecular weight excluding hydrogens is 320 g/mol. The zero-order valence-corrected chi connectivity index (χ0v) is 14.7. The minimum absolute atomic E-state index is 0.303. The third-order valence-electron chi connectivity index (χ3n) is 5.22.